The van der Waals surface area contributed by atoms with E-state index in [1.165, 1.54) is 4.90 Å². The summed E-state index contributed by atoms with van der Waals surface area (Å²) in [6.07, 6.45) is 1.28. The maximum absolute atomic E-state index is 11.3. The van der Waals surface area contributed by atoms with Crippen LogP contribution in [0.2, 0.25) is 0 Å². The van der Waals surface area contributed by atoms with Crippen molar-refractivity contribution in [3.8, 4) is 0 Å². The highest BCUT2D eigenvalue weighted by Gasteiger charge is 2.52. The Balaban J connectivity index is 3.07. The van der Waals surface area contributed by atoms with Crippen LogP contribution in [0.25, 0.3) is 0 Å². The van der Waals surface area contributed by atoms with E-state index in [9.17, 15) is 18.3 Å². The predicted molar refractivity (Wildman–Crippen MR) is 66.9 cm³/mol. The molecule has 7 heteroatoms. The molecule has 106 valence electrons. The van der Waals surface area contributed by atoms with E-state index in [1.807, 2.05) is 20.8 Å². The van der Waals surface area contributed by atoms with Crippen molar-refractivity contribution < 1.29 is 22.5 Å². The second-order valence-electron chi connectivity index (χ2n) is 5.79. The number of nitrogens with zero attached hydrogens (tertiary/aromatic N) is 1. The zero-order chi connectivity index (χ0) is 14.2. The molecular weight excluding hydrogens is 258 g/mol. The molecule has 1 fully saturated rings. The van der Waals surface area contributed by atoms with Gasteiger partial charge in [0.2, 0.25) is 0 Å². The Morgan fingerprint density at radius 3 is 2.39 bits per heavy atom. The summed E-state index contributed by atoms with van der Waals surface area (Å²) >= 11 is 0. The van der Waals surface area contributed by atoms with Gasteiger partial charge in [-0.3, -0.25) is 9.08 Å². The van der Waals surface area contributed by atoms with Crippen LogP contribution in [0, 0.1) is 5.41 Å². The molecule has 0 aromatic carbocycles. The Labute approximate surface area is 108 Å². The summed E-state index contributed by atoms with van der Waals surface area (Å²) in [6.45, 7) is 6.00. The molecule has 1 rings (SSSR count). The third-order valence-electron chi connectivity index (χ3n) is 3.63. The molecule has 0 bridgehead atoms. The Bertz CT molecular complexity index is 425. The molecule has 0 saturated carbocycles. The number of likely N-dealkylation sites (tertiary alicyclic amines) is 1. The molecule has 0 aliphatic carbocycles. The van der Waals surface area contributed by atoms with Crippen molar-refractivity contribution in [2.75, 3.05) is 19.4 Å². The van der Waals surface area contributed by atoms with Crippen molar-refractivity contribution >= 4 is 16.2 Å². The quantitative estimate of drug-likeness (QED) is 0.792. The summed E-state index contributed by atoms with van der Waals surface area (Å²) in [5.74, 6) is 0. The number of carbonyl (C=O) groups is 1. The average molecular weight is 279 g/mol. The first-order valence-corrected chi connectivity index (χ1v) is 7.66. The number of amides is 1. The summed E-state index contributed by atoms with van der Waals surface area (Å²) < 4.78 is 27.2. The summed E-state index contributed by atoms with van der Waals surface area (Å²) in [4.78, 5) is 12.6. The van der Waals surface area contributed by atoms with Crippen LogP contribution in [0.15, 0.2) is 0 Å². The van der Waals surface area contributed by atoms with Gasteiger partial charge in [-0.2, -0.15) is 8.42 Å². The fourth-order valence-electron chi connectivity index (χ4n) is 2.51. The lowest BCUT2D eigenvalue weighted by Crippen LogP contribution is -2.58. The average Bonchev–Trinajstić information content (AvgIpc) is 2.57. The Hall–Kier alpha value is -0.820. The molecule has 0 unspecified atom stereocenters. The van der Waals surface area contributed by atoms with E-state index in [2.05, 4.69) is 0 Å². The first-order valence-electron chi connectivity index (χ1n) is 5.85. The third-order valence-corrected chi connectivity index (χ3v) is 4.17. The molecule has 0 radical (unpaired) electrons. The standard InChI is InChI=1S/C11H21NO5S/c1-10(2,3)11(8-17-18(4,15)16)6-5-7-12(11)9(13)14/h5-8H2,1-4H3,(H,13,14)/t11-/m0/s1. The van der Waals surface area contributed by atoms with Crippen LogP contribution in [0.4, 0.5) is 4.79 Å². The lowest BCUT2D eigenvalue weighted by Gasteiger charge is -2.46. The van der Waals surface area contributed by atoms with E-state index < -0.39 is 27.2 Å². The topological polar surface area (TPSA) is 83.9 Å². The number of carboxylic acid groups (broad SMARTS) is 1. The van der Waals surface area contributed by atoms with Gasteiger partial charge in [-0.15, -0.1) is 0 Å². The van der Waals surface area contributed by atoms with Gasteiger partial charge in [0.05, 0.1) is 18.4 Å². The van der Waals surface area contributed by atoms with E-state index in [0.29, 0.717) is 13.0 Å². The second-order valence-corrected chi connectivity index (χ2v) is 7.43. The van der Waals surface area contributed by atoms with Crippen LogP contribution in [0.3, 0.4) is 0 Å². The molecule has 1 N–H and O–H groups in total. The van der Waals surface area contributed by atoms with Crippen molar-refractivity contribution in [1.82, 2.24) is 4.90 Å². The molecule has 18 heavy (non-hydrogen) atoms. The van der Waals surface area contributed by atoms with Crippen LogP contribution >= 0.6 is 0 Å². The first-order chi connectivity index (χ1) is 8.00. The highest BCUT2D eigenvalue weighted by Crippen LogP contribution is 2.44. The Morgan fingerprint density at radius 2 is 2.00 bits per heavy atom. The number of hydrogen-bond acceptors (Lipinski definition) is 4. The van der Waals surface area contributed by atoms with Crippen molar-refractivity contribution in [2.45, 2.75) is 39.2 Å². The van der Waals surface area contributed by atoms with Gasteiger partial charge in [0.15, 0.2) is 0 Å². The minimum Gasteiger partial charge on any atom is -0.465 e. The molecule has 1 atom stereocenters. The third kappa shape index (κ3) is 2.95. The Kier molecular flexibility index (Phi) is 3.97. The van der Waals surface area contributed by atoms with Gasteiger partial charge in [0.1, 0.15) is 0 Å². The molecule has 1 amide bonds. The van der Waals surface area contributed by atoms with Crippen molar-refractivity contribution in [2.24, 2.45) is 5.41 Å². The summed E-state index contributed by atoms with van der Waals surface area (Å²) in [5.41, 5.74) is -1.19. The molecule has 0 aromatic rings. The van der Waals surface area contributed by atoms with E-state index in [4.69, 9.17) is 4.18 Å². The van der Waals surface area contributed by atoms with Crippen LogP contribution < -0.4 is 0 Å². The largest absolute Gasteiger partial charge is 0.465 e. The zero-order valence-corrected chi connectivity index (χ0v) is 12.1. The van der Waals surface area contributed by atoms with Crippen LogP contribution in [-0.2, 0) is 14.3 Å². The molecule has 1 aliphatic rings. The van der Waals surface area contributed by atoms with Gasteiger partial charge in [-0.05, 0) is 18.3 Å². The molecule has 6 nitrogen and oxygen atoms in total. The van der Waals surface area contributed by atoms with Crippen LogP contribution in [0.1, 0.15) is 33.6 Å². The van der Waals surface area contributed by atoms with Gasteiger partial charge in [0.25, 0.3) is 10.1 Å². The fraction of sp³-hybridized carbons (Fsp3) is 0.909. The highest BCUT2D eigenvalue weighted by molar-refractivity contribution is 7.85. The molecule has 1 heterocycles. The monoisotopic (exact) mass is 279 g/mol. The second kappa shape index (κ2) is 4.70. The molecule has 0 spiro atoms. The lowest BCUT2D eigenvalue weighted by molar-refractivity contribution is -0.00182. The van der Waals surface area contributed by atoms with Gasteiger partial charge in [0, 0.05) is 6.54 Å². The first kappa shape index (κ1) is 15.2. The summed E-state index contributed by atoms with van der Waals surface area (Å²) in [7, 11) is -3.58. The maximum Gasteiger partial charge on any atom is 0.407 e. The molecule has 0 aromatic heterocycles. The van der Waals surface area contributed by atoms with Crippen molar-refractivity contribution in [3.63, 3.8) is 0 Å². The molecule has 1 aliphatic heterocycles. The van der Waals surface area contributed by atoms with E-state index in [1.54, 1.807) is 0 Å². The maximum atomic E-state index is 11.3. The zero-order valence-electron chi connectivity index (χ0n) is 11.3. The normalized spacial score (nSPS) is 25.4. The fourth-order valence-corrected chi connectivity index (χ4v) is 2.92. The minimum absolute atomic E-state index is 0.123. The lowest BCUT2D eigenvalue weighted by atomic mass is 9.72. The van der Waals surface area contributed by atoms with E-state index in [0.717, 1.165) is 12.7 Å². The van der Waals surface area contributed by atoms with Gasteiger partial charge in [-0.1, -0.05) is 20.8 Å². The van der Waals surface area contributed by atoms with Crippen molar-refractivity contribution in [3.05, 3.63) is 0 Å². The Morgan fingerprint density at radius 1 is 1.44 bits per heavy atom. The SMILES string of the molecule is CC(C)(C)[C@@]1(COS(C)(=O)=O)CCCN1C(=O)O. The van der Waals surface area contributed by atoms with Crippen LogP contribution in [-0.4, -0.2) is 49.5 Å². The predicted octanol–water partition coefficient (Wildman–Crippen LogP) is 1.52. The minimum atomic E-state index is -3.58. The molecule has 1 saturated heterocycles. The van der Waals surface area contributed by atoms with E-state index in [-0.39, 0.29) is 6.61 Å². The van der Waals surface area contributed by atoms with Gasteiger partial charge in [-0.25, -0.2) is 4.79 Å². The van der Waals surface area contributed by atoms with Crippen LogP contribution in [0.5, 0.6) is 0 Å². The number of rotatable bonds is 3. The summed E-state index contributed by atoms with van der Waals surface area (Å²) in [5, 5.41) is 9.26. The summed E-state index contributed by atoms with van der Waals surface area (Å²) in [6, 6.07) is 0. The van der Waals surface area contributed by atoms with Gasteiger partial charge >= 0.3 is 6.09 Å². The van der Waals surface area contributed by atoms with Crippen molar-refractivity contribution in [1.29, 1.82) is 0 Å². The highest BCUT2D eigenvalue weighted by atomic mass is 32.2. The van der Waals surface area contributed by atoms with Gasteiger partial charge < -0.3 is 5.11 Å². The number of hydrogen-bond donors (Lipinski definition) is 1. The smallest absolute Gasteiger partial charge is 0.407 e. The molecular formula is C11H21NO5S. The van der Waals surface area contributed by atoms with E-state index >= 15 is 0 Å².